The van der Waals surface area contributed by atoms with E-state index in [1.165, 1.54) is 0 Å². The molecule has 0 saturated heterocycles. The molecule has 0 aliphatic carbocycles. The van der Waals surface area contributed by atoms with Gasteiger partial charge in [-0.05, 0) is 79.9 Å². The number of carbonyl (C=O) groups excluding carboxylic acids is 1. The number of nitrogens with one attached hydrogen (secondary N) is 2. The van der Waals surface area contributed by atoms with Crippen molar-refractivity contribution in [2.75, 3.05) is 11.9 Å². The third-order valence-electron chi connectivity index (χ3n) is 4.16. The standard InChI is InChI=1S/C21H26N2O2S/c1-14(2)12-13-25-18-10-8-17(9-11-18)20(24)23-21(26)22-19-7-5-6-15(3)16(19)4/h5-11,14H,12-13H2,1-4H3,(H2,22,23,24,26). The zero-order chi connectivity index (χ0) is 19.1. The molecule has 0 bridgehead atoms. The van der Waals surface area contributed by atoms with E-state index in [1.54, 1.807) is 24.3 Å². The summed E-state index contributed by atoms with van der Waals surface area (Å²) in [6.45, 7) is 9.04. The van der Waals surface area contributed by atoms with Crippen LogP contribution in [0.1, 0.15) is 41.8 Å². The van der Waals surface area contributed by atoms with Crippen molar-refractivity contribution in [1.29, 1.82) is 0 Å². The van der Waals surface area contributed by atoms with Crippen molar-refractivity contribution in [2.45, 2.75) is 34.1 Å². The largest absolute Gasteiger partial charge is 0.494 e. The van der Waals surface area contributed by atoms with Crippen molar-refractivity contribution in [1.82, 2.24) is 5.32 Å². The lowest BCUT2D eigenvalue weighted by molar-refractivity contribution is 0.0977. The van der Waals surface area contributed by atoms with Gasteiger partial charge in [0.05, 0.1) is 6.61 Å². The molecule has 0 aliphatic heterocycles. The van der Waals surface area contributed by atoms with Gasteiger partial charge in [0.2, 0.25) is 0 Å². The van der Waals surface area contributed by atoms with Crippen LogP contribution in [0, 0.1) is 19.8 Å². The fourth-order valence-corrected chi connectivity index (χ4v) is 2.53. The van der Waals surface area contributed by atoms with Crippen LogP contribution in [-0.4, -0.2) is 17.6 Å². The number of rotatable bonds is 6. The molecule has 0 aliphatic rings. The molecule has 0 atom stereocenters. The average molecular weight is 371 g/mol. The third kappa shape index (κ3) is 5.85. The lowest BCUT2D eigenvalue weighted by Gasteiger charge is -2.13. The number of anilines is 1. The van der Waals surface area contributed by atoms with Crippen molar-refractivity contribution >= 4 is 28.9 Å². The average Bonchev–Trinajstić information content (AvgIpc) is 2.59. The molecule has 4 nitrogen and oxygen atoms in total. The number of thiocarbonyl (C=S) groups is 1. The number of amides is 1. The first kappa shape index (κ1) is 19.9. The molecule has 0 heterocycles. The molecule has 1 amide bonds. The summed E-state index contributed by atoms with van der Waals surface area (Å²) in [6, 6.07) is 13.0. The van der Waals surface area contributed by atoms with Gasteiger partial charge in [0, 0.05) is 11.3 Å². The summed E-state index contributed by atoms with van der Waals surface area (Å²) in [6.07, 6.45) is 1.00. The van der Waals surface area contributed by atoms with Crippen LogP contribution >= 0.6 is 12.2 Å². The topological polar surface area (TPSA) is 50.4 Å². The maximum Gasteiger partial charge on any atom is 0.257 e. The molecule has 0 saturated carbocycles. The highest BCUT2D eigenvalue weighted by atomic mass is 32.1. The van der Waals surface area contributed by atoms with Crippen LogP contribution < -0.4 is 15.4 Å². The van der Waals surface area contributed by atoms with Gasteiger partial charge < -0.3 is 10.1 Å². The van der Waals surface area contributed by atoms with E-state index >= 15 is 0 Å². The molecule has 2 aromatic rings. The highest BCUT2D eigenvalue weighted by Gasteiger charge is 2.09. The summed E-state index contributed by atoms with van der Waals surface area (Å²) >= 11 is 5.25. The van der Waals surface area contributed by atoms with Crippen LogP contribution in [0.3, 0.4) is 0 Å². The van der Waals surface area contributed by atoms with Gasteiger partial charge in [-0.1, -0.05) is 26.0 Å². The van der Waals surface area contributed by atoms with Gasteiger partial charge >= 0.3 is 0 Å². The molecular formula is C21H26N2O2S. The Morgan fingerprint density at radius 2 is 1.81 bits per heavy atom. The Labute approximate surface area is 161 Å². The smallest absolute Gasteiger partial charge is 0.257 e. The highest BCUT2D eigenvalue weighted by molar-refractivity contribution is 7.80. The van der Waals surface area contributed by atoms with Crippen molar-refractivity contribution in [3.63, 3.8) is 0 Å². The van der Waals surface area contributed by atoms with Crippen LogP contribution in [0.5, 0.6) is 5.75 Å². The van der Waals surface area contributed by atoms with Crippen LogP contribution in [0.25, 0.3) is 0 Å². The van der Waals surface area contributed by atoms with E-state index in [9.17, 15) is 4.79 Å². The second-order valence-corrected chi connectivity index (χ2v) is 7.12. The minimum Gasteiger partial charge on any atom is -0.494 e. The van der Waals surface area contributed by atoms with Crippen LogP contribution in [0.15, 0.2) is 42.5 Å². The van der Waals surface area contributed by atoms with Gasteiger partial charge in [0.15, 0.2) is 5.11 Å². The van der Waals surface area contributed by atoms with E-state index in [4.69, 9.17) is 17.0 Å². The van der Waals surface area contributed by atoms with Gasteiger partial charge in [-0.3, -0.25) is 10.1 Å². The Morgan fingerprint density at radius 1 is 1.12 bits per heavy atom. The SMILES string of the molecule is Cc1cccc(NC(=S)NC(=O)c2ccc(OCCC(C)C)cc2)c1C. The van der Waals surface area contributed by atoms with E-state index < -0.39 is 0 Å². The van der Waals surface area contributed by atoms with Crippen molar-refractivity contribution in [2.24, 2.45) is 5.92 Å². The Kier molecular flexibility index (Phi) is 7.16. The first-order valence-electron chi connectivity index (χ1n) is 8.78. The molecule has 0 unspecified atom stereocenters. The minimum atomic E-state index is -0.249. The number of carbonyl (C=O) groups is 1. The molecule has 0 aromatic heterocycles. The van der Waals surface area contributed by atoms with Crippen molar-refractivity contribution < 1.29 is 9.53 Å². The first-order chi connectivity index (χ1) is 12.4. The van der Waals surface area contributed by atoms with Gasteiger partial charge in [0.1, 0.15) is 5.75 Å². The fourth-order valence-electron chi connectivity index (χ4n) is 2.33. The monoisotopic (exact) mass is 370 g/mol. The Hall–Kier alpha value is -2.40. The summed E-state index contributed by atoms with van der Waals surface area (Å²) in [4.78, 5) is 12.3. The molecule has 2 rings (SSSR count). The molecule has 2 aromatic carbocycles. The summed E-state index contributed by atoms with van der Waals surface area (Å²) < 4.78 is 5.67. The Morgan fingerprint density at radius 3 is 2.46 bits per heavy atom. The molecule has 0 fully saturated rings. The van der Waals surface area contributed by atoms with Crippen LogP contribution in [0.4, 0.5) is 5.69 Å². The van der Waals surface area contributed by atoms with Crippen molar-refractivity contribution in [3.8, 4) is 5.75 Å². The zero-order valence-corrected chi connectivity index (χ0v) is 16.6. The predicted octanol–water partition coefficient (Wildman–Crippen LogP) is 4.86. The van der Waals surface area contributed by atoms with E-state index in [-0.39, 0.29) is 11.0 Å². The Bertz CT molecular complexity index is 770. The maximum absolute atomic E-state index is 12.3. The first-order valence-corrected chi connectivity index (χ1v) is 9.19. The molecule has 138 valence electrons. The number of ether oxygens (including phenoxy) is 1. The summed E-state index contributed by atoms with van der Waals surface area (Å²) in [7, 11) is 0. The van der Waals surface area contributed by atoms with E-state index in [2.05, 4.69) is 24.5 Å². The summed E-state index contributed by atoms with van der Waals surface area (Å²) in [5, 5.41) is 6.06. The lowest BCUT2D eigenvalue weighted by Crippen LogP contribution is -2.34. The van der Waals surface area contributed by atoms with Crippen molar-refractivity contribution in [3.05, 3.63) is 59.2 Å². The fraction of sp³-hybridized carbons (Fsp3) is 0.333. The Balaban J connectivity index is 1.90. The molecule has 2 N–H and O–H groups in total. The second-order valence-electron chi connectivity index (χ2n) is 6.71. The van der Waals surface area contributed by atoms with Crippen LogP contribution in [-0.2, 0) is 0 Å². The summed E-state index contributed by atoms with van der Waals surface area (Å²) in [5.74, 6) is 1.12. The molecular weight excluding hydrogens is 344 g/mol. The van der Waals surface area contributed by atoms with Gasteiger partial charge in [-0.2, -0.15) is 0 Å². The van der Waals surface area contributed by atoms with Gasteiger partial charge in [-0.15, -0.1) is 0 Å². The second kappa shape index (κ2) is 9.34. The normalized spacial score (nSPS) is 10.5. The molecule has 0 spiro atoms. The predicted molar refractivity (Wildman–Crippen MR) is 111 cm³/mol. The minimum absolute atomic E-state index is 0.249. The summed E-state index contributed by atoms with van der Waals surface area (Å²) in [5.41, 5.74) is 3.69. The quantitative estimate of drug-likeness (QED) is 0.713. The van der Waals surface area contributed by atoms with Gasteiger partial charge in [0.25, 0.3) is 5.91 Å². The van der Waals surface area contributed by atoms with E-state index in [0.29, 0.717) is 18.1 Å². The van der Waals surface area contributed by atoms with Gasteiger partial charge in [-0.25, -0.2) is 0 Å². The highest BCUT2D eigenvalue weighted by Crippen LogP contribution is 2.18. The number of benzene rings is 2. The maximum atomic E-state index is 12.3. The zero-order valence-electron chi connectivity index (χ0n) is 15.8. The van der Waals surface area contributed by atoms with Crippen LogP contribution in [0.2, 0.25) is 0 Å². The molecule has 0 radical (unpaired) electrons. The molecule has 5 heteroatoms. The number of hydrogen-bond donors (Lipinski definition) is 2. The van der Waals surface area contributed by atoms with E-state index in [1.807, 2.05) is 32.0 Å². The number of hydrogen-bond acceptors (Lipinski definition) is 3. The number of aryl methyl sites for hydroxylation is 1. The lowest BCUT2D eigenvalue weighted by atomic mass is 10.1. The van der Waals surface area contributed by atoms with E-state index in [0.717, 1.165) is 29.0 Å². The third-order valence-corrected chi connectivity index (χ3v) is 4.36. The molecule has 26 heavy (non-hydrogen) atoms.